The number of nitrogens with one attached hydrogen (secondary N) is 2. The number of carbonyl (C=O) groups excluding carboxylic acids is 1. The van der Waals surface area contributed by atoms with E-state index in [0.717, 1.165) is 36.0 Å². The van der Waals surface area contributed by atoms with Gasteiger partial charge in [0.2, 0.25) is 0 Å². The summed E-state index contributed by atoms with van der Waals surface area (Å²) in [5.41, 5.74) is 5.61. The van der Waals surface area contributed by atoms with Crippen LogP contribution in [0.15, 0.2) is 42.6 Å². The van der Waals surface area contributed by atoms with Gasteiger partial charge in [-0.1, -0.05) is 13.0 Å². The fourth-order valence-electron chi connectivity index (χ4n) is 3.68. The predicted molar refractivity (Wildman–Crippen MR) is 99.8 cm³/mol. The molecule has 2 heterocycles. The fourth-order valence-corrected chi connectivity index (χ4v) is 3.68. The molecule has 4 nitrogen and oxygen atoms in total. The molecule has 1 aliphatic rings. The van der Waals surface area contributed by atoms with Crippen LogP contribution in [0.2, 0.25) is 0 Å². The molecule has 3 aromatic rings. The Morgan fingerprint density at radius 1 is 1.32 bits per heavy atom. The zero-order valence-corrected chi connectivity index (χ0v) is 14.5. The number of amides is 1. The number of hydrogen-bond acceptors (Lipinski definition) is 2. The molecule has 4 rings (SSSR count). The lowest BCUT2D eigenvalue weighted by Crippen LogP contribution is -2.25. The molecule has 2 N–H and O–H groups in total. The molecule has 0 saturated carbocycles. The maximum atomic E-state index is 12.5. The van der Waals surface area contributed by atoms with Crippen molar-refractivity contribution in [1.29, 1.82) is 0 Å². The molecular weight excluding hydrogens is 310 g/mol. The molecule has 0 unspecified atom stereocenters. The number of benzene rings is 1. The van der Waals surface area contributed by atoms with E-state index in [1.807, 2.05) is 36.4 Å². The highest BCUT2D eigenvalue weighted by Gasteiger charge is 2.20. The van der Waals surface area contributed by atoms with E-state index >= 15 is 0 Å². The van der Waals surface area contributed by atoms with Crippen molar-refractivity contribution in [3.63, 3.8) is 0 Å². The third-order valence-electron chi connectivity index (χ3n) is 5.09. The van der Waals surface area contributed by atoms with Gasteiger partial charge in [0.1, 0.15) is 0 Å². The Morgan fingerprint density at radius 3 is 3.08 bits per heavy atom. The SMILES string of the molecule is C[C@H]1CCc2[nH]c3ccc(C(=O)NCCc4ccccn4)cc3c2C1. The minimum Gasteiger partial charge on any atom is -0.358 e. The highest BCUT2D eigenvalue weighted by molar-refractivity contribution is 5.99. The van der Waals surface area contributed by atoms with E-state index in [2.05, 4.69) is 22.2 Å². The molecule has 0 bridgehead atoms. The van der Waals surface area contributed by atoms with Gasteiger partial charge in [0, 0.05) is 47.0 Å². The van der Waals surface area contributed by atoms with E-state index in [0.29, 0.717) is 12.5 Å². The molecule has 2 aromatic heterocycles. The minimum atomic E-state index is -0.0170. The van der Waals surface area contributed by atoms with Gasteiger partial charge in [-0.25, -0.2) is 0 Å². The van der Waals surface area contributed by atoms with Crippen molar-refractivity contribution < 1.29 is 4.79 Å². The highest BCUT2D eigenvalue weighted by Crippen LogP contribution is 2.32. The van der Waals surface area contributed by atoms with Crippen molar-refractivity contribution in [2.45, 2.75) is 32.6 Å². The zero-order valence-electron chi connectivity index (χ0n) is 14.5. The number of aromatic amines is 1. The molecule has 1 amide bonds. The van der Waals surface area contributed by atoms with Gasteiger partial charge in [-0.15, -0.1) is 0 Å². The van der Waals surface area contributed by atoms with Crippen LogP contribution < -0.4 is 5.32 Å². The number of hydrogen-bond donors (Lipinski definition) is 2. The molecular formula is C21H23N3O. The lowest BCUT2D eigenvalue weighted by Gasteiger charge is -2.18. The molecule has 1 aromatic carbocycles. The van der Waals surface area contributed by atoms with E-state index in [-0.39, 0.29) is 5.91 Å². The summed E-state index contributed by atoms with van der Waals surface area (Å²) in [6, 6.07) is 11.8. The second-order valence-electron chi connectivity index (χ2n) is 7.02. The van der Waals surface area contributed by atoms with Gasteiger partial charge in [-0.2, -0.15) is 0 Å². The summed E-state index contributed by atoms with van der Waals surface area (Å²) >= 11 is 0. The van der Waals surface area contributed by atoms with Crippen LogP contribution in [-0.2, 0) is 19.3 Å². The Balaban J connectivity index is 1.49. The maximum Gasteiger partial charge on any atom is 0.251 e. The number of aryl methyl sites for hydroxylation is 1. The van der Waals surface area contributed by atoms with Crippen molar-refractivity contribution in [2.75, 3.05) is 6.54 Å². The van der Waals surface area contributed by atoms with Crippen molar-refractivity contribution >= 4 is 16.8 Å². The van der Waals surface area contributed by atoms with Gasteiger partial charge in [-0.05, 0) is 61.1 Å². The highest BCUT2D eigenvalue weighted by atomic mass is 16.1. The summed E-state index contributed by atoms with van der Waals surface area (Å²) in [6.07, 6.45) is 5.96. The first kappa shape index (κ1) is 15.9. The van der Waals surface area contributed by atoms with Crippen LogP contribution in [0.25, 0.3) is 10.9 Å². The molecule has 0 saturated heterocycles. The Labute approximate surface area is 147 Å². The Morgan fingerprint density at radius 2 is 2.24 bits per heavy atom. The first-order chi connectivity index (χ1) is 12.2. The quantitative estimate of drug-likeness (QED) is 0.765. The zero-order chi connectivity index (χ0) is 17.2. The van der Waals surface area contributed by atoms with Gasteiger partial charge < -0.3 is 10.3 Å². The van der Waals surface area contributed by atoms with Gasteiger partial charge >= 0.3 is 0 Å². The van der Waals surface area contributed by atoms with E-state index < -0.39 is 0 Å². The van der Waals surface area contributed by atoms with Crippen LogP contribution in [-0.4, -0.2) is 22.4 Å². The van der Waals surface area contributed by atoms with Crippen molar-refractivity contribution in [3.05, 3.63) is 65.1 Å². The Hall–Kier alpha value is -2.62. The maximum absolute atomic E-state index is 12.5. The number of H-pyrrole nitrogens is 1. The van der Waals surface area contributed by atoms with Crippen molar-refractivity contribution in [3.8, 4) is 0 Å². The normalized spacial score (nSPS) is 16.6. The summed E-state index contributed by atoms with van der Waals surface area (Å²) in [4.78, 5) is 20.3. The Bertz CT molecular complexity index is 898. The first-order valence-corrected chi connectivity index (χ1v) is 9.02. The average molecular weight is 333 g/mol. The first-order valence-electron chi connectivity index (χ1n) is 9.02. The van der Waals surface area contributed by atoms with E-state index in [1.54, 1.807) is 6.20 Å². The number of carbonyl (C=O) groups is 1. The standard InChI is InChI=1S/C21H23N3O/c1-14-5-7-19-17(12-14)18-13-15(6-8-20(18)24-19)21(25)23-11-9-16-4-2-3-10-22-16/h2-4,6,8,10,13-14,24H,5,7,9,11-12H2,1H3,(H,23,25)/t14-/m0/s1. The van der Waals surface area contributed by atoms with Crippen molar-refractivity contribution in [1.82, 2.24) is 15.3 Å². The molecule has 25 heavy (non-hydrogen) atoms. The fraction of sp³-hybridized carbons (Fsp3) is 0.333. The molecule has 0 radical (unpaired) electrons. The molecule has 128 valence electrons. The lowest BCUT2D eigenvalue weighted by atomic mass is 9.87. The number of pyridine rings is 1. The molecule has 0 aliphatic heterocycles. The minimum absolute atomic E-state index is 0.0170. The third kappa shape index (κ3) is 3.29. The summed E-state index contributed by atoms with van der Waals surface area (Å²) in [7, 11) is 0. The van der Waals surface area contributed by atoms with Crippen LogP contribution in [0.3, 0.4) is 0 Å². The van der Waals surface area contributed by atoms with Crippen LogP contribution in [0.5, 0.6) is 0 Å². The van der Waals surface area contributed by atoms with Gasteiger partial charge in [0.05, 0.1) is 0 Å². The Kier molecular flexibility index (Phi) is 4.26. The molecule has 4 heteroatoms. The smallest absolute Gasteiger partial charge is 0.251 e. The molecule has 0 fully saturated rings. The molecule has 1 atom stereocenters. The molecule has 1 aliphatic carbocycles. The summed E-state index contributed by atoms with van der Waals surface area (Å²) in [5.74, 6) is 0.694. The second-order valence-corrected chi connectivity index (χ2v) is 7.02. The second kappa shape index (κ2) is 6.71. The summed E-state index contributed by atoms with van der Waals surface area (Å²) < 4.78 is 0. The largest absolute Gasteiger partial charge is 0.358 e. The van der Waals surface area contributed by atoms with Gasteiger partial charge in [-0.3, -0.25) is 9.78 Å². The number of nitrogens with zero attached hydrogens (tertiary/aromatic N) is 1. The van der Waals surface area contributed by atoms with Crippen LogP contribution in [0.1, 0.15) is 40.7 Å². The predicted octanol–water partition coefficient (Wildman–Crippen LogP) is 3.66. The number of aromatic nitrogens is 2. The van der Waals surface area contributed by atoms with Crippen LogP contribution in [0, 0.1) is 5.92 Å². The lowest BCUT2D eigenvalue weighted by molar-refractivity contribution is 0.0954. The number of rotatable bonds is 4. The van der Waals surface area contributed by atoms with E-state index in [4.69, 9.17) is 0 Å². The van der Waals surface area contributed by atoms with Crippen LogP contribution in [0.4, 0.5) is 0 Å². The van der Waals surface area contributed by atoms with E-state index in [9.17, 15) is 4.79 Å². The summed E-state index contributed by atoms with van der Waals surface area (Å²) in [6.45, 7) is 2.89. The molecule has 0 spiro atoms. The summed E-state index contributed by atoms with van der Waals surface area (Å²) in [5, 5.41) is 4.21. The van der Waals surface area contributed by atoms with Crippen LogP contribution >= 0.6 is 0 Å². The number of fused-ring (bicyclic) bond motifs is 3. The topological polar surface area (TPSA) is 57.8 Å². The monoisotopic (exact) mass is 333 g/mol. The van der Waals surface area contributed by atoms with E-state index in [1.165, 1.54) is 23.1 Å². The average Bonchev–Trinajstić information content (AvgIpc) is 2.99. The van der Waals surface area contributed by atoms with Crippen molar-refractivity contribution in [2.24, 2.45) is 5.92 Å². The van der Waals surface area contributed by atoms with Gasteiger partial charge in [0.25, 0.3) is 5.91 Å². The third-order valence-corrected chi connectivity index (χ3v) is 5.09. The van der Waals surface area contributed by atoms with Gasteiger partial charge in [0.15, 0.2) is 0 Å².